The van der Waals surface area contributed by atoms with E-state index in [1.54, 1.807) is 11.3 Å². The second kappa shape index (κ2) is 8.81. The van der Waals surface area contributed by atoms with Gasteiger partial charge in [-0.2, -0.15) is 0 Å². The smallest absolute Gasteiger partial charge is 0.253 e. The van der Waals surface area contributed by atoms with Crippen LogP contribution in [0.25, 0.3) is 10.2 Å². The third kappa shape index (κ3) is 4.13. The summed E-state index contributed by atoms with van der Waals surface area (Å²) in [5.74, 6) is 2.76. The van der Waals surface area contributed by atoms with E-state index in [2.05, 4.69) is 37.8 Å². The van der Waals surface area contributed by atoms with Crippen LogP contribution in [0.3, 0.4) is 0 Å². The largest absolute Gasteiger partial charge is 0.352 e. The Hall–Kier alpha value is -2.47. The van der Waals surface area contributed by atoms with E-state index in [1.165, 1.54) is 47.1 Å². The molecular formula is C26H32N4OS. The number of unbranched alkanes of at least 4 members (excludes halogenated alkanes) is 1. The van der Waals surface area contributed by atoms with Gasteiger partial charge in [0.15, 0.2) is 0 Å². The molecule has 5 nitrogen and oxygen atoms in total. The molecule has 1 aromatic carbocycles. The molecule has 168 valence electrons. The predicted octanol–water partition coefficient (Wildman–Crippen LogP) is 5.49. The number of nitrogens with zero attached hydrogens (tertiary/aromatic N) is 4. The zero-order valence-electron chi connectivity index (χ0n) is 19.4. The zero-order valence-corrected chi connectivity index (χ0v) is 20.2. The van der Waals surface area contributed by atoms with E-state index < -0.39 is 0 Å². The van der Waals surface area contributed by atoms with Gasteiger partial charge in [0.1, 0.15) is 16.5 Å². The Morgan fingerprint density at radius 1 is 1.06 bits per heavy atom. The number of aromatic nitrogens is 2. The van der Waals surface area contributed by atoms with Crippen molar-refractivity contribution in [2.75, 3.05) is 31.1 Å². The van der Waals surface area contributed by atoms with E-state index in [0.717, 1.165) is 54.6 Å². The fourth-order valence-electron chi connectivity index (χ4n) is 4.50. The Labute approximate surface area is 194 Å². The first-order valence-electron chi connectivity index (χ1n) is 12.0. The van der Waals surface area contributed by atoms with Crippen molar-refractivity contribution in [3.05, 3.63) is 51.7 Å². The van der Waals surface area contributed by atoms with Gasteiger partial charge in [0, 0.05) is 42.5 Å². The summed E-state index contributed by atoms with van der Waals surface area (Å²) in [6.45, 7) is 9.63. The standard InChI is InChI=1S/C26H32N4OS/c1-4-5-6-19-7-9-21(10-8-19)26(31)30-15-13-29(14-16-30)24-22-17(2)18(3)32-25(22)28-23(27-24)20-11-12-20/h7-10,20H,4-6,11-16H2,1-3H3. The van der Waals surface area contributed by atoms with Crippen LogP contribution in [-0.2, 0) is 6.42 Å². The number of carbonyl (C=O) groups excluding carboxylic acids is 1. The van der Waals surface area contributed by atoms with Crippen LogP contribution in [0, 0.1) is 13.8 Å². The lowest BCUT2D eigenvalue weighted by atomic mass is 10.1. The second-order valence-corrected chi connectivity index (χ2v) is 10.4. The highest BCUT2D eigenvalue weighted by Gasteiger charge is 2.31. The second-order valence-electron chi connectivity index (χ2n) is 9.22. The van der Waals surface area contributed by atoms with Crippen molar-refractivity contribution in [2.45, 2.75) is 58.8 Å². The van der Waals surface area contributed by atoms with Gasteiger partial charge in [-0.3, -0.25) is 4.79 Å². The lowest BCUT2D eigenvalue weighted by Crippen LogP contribution is -2.49. The van der Waals surface area contributed by atoms with Crippen molar-refractivity contribution in [1.82, 2.24) is 14.9 Å². The molecule has 0 bridgehead atoms. The van der Waals surface area contributed by atoms with Crippen molar-refractivity contribution in [1.29, 1.82) is 0 Å². The lowest BCUT2D eigenvalue weighted by molar-refractivity contribution is 0.0746. The average molecular weight is 449 g/mol. The van der Waals surface area contributed by atoms with E-state index in [0.29, 0.717) is 5.92 Å². The summed E-state index contributed by atoms with van der Waals surface area (Å²) in [5.41, 5.74) is 3.40. The van der Waals surface area contributed by atoms with Crippen LogP contribution < -0.4 is 4.90 Å². The van der Waals surface area contributed by atoms with E-state index in [1.807, 2.05) is 17.0 Å². The van der Waals surface area contributed by atoms with Gasteiger partial charge in [-0.25, -0.2) is 9.97 Å². The number of piperazine rings is 1. The molecule has 1 aliphatic carbocycles. The van der Waals surface area contributed by atoms with Crippen molar-refractivity contribution >= 4 is 33.3 Å². The van der Waals surface area contributed by atoms with Crippen LogP contribution in [0.5, 0.6) is 0 Å². The minimum Gasteiger partial charge on any atom is -0.352 e. The Bertz CT molecular complexity index is 1120. The molecule has 1 aliphatic heterocycles. The summed E-state index contributed by atoms with van der Waals surface area (Å²) in [7, 11) is 0. The van der Waals surface area contributed by atoms with E-state index in [4.69, 9.17) is 9.97 Å². The number of amides is 1. The van der Waals surface area contributed by atoms with E-state index in [9.17, 15) is 4.79 Å². The summed E-state index contributed by atoms with van der Waals surface area (Å²) in [6, 6.07) is 8.20. The first-order chi connectivity index (χ1) is 15.5. The maximum absolute atomic E-state index is 13.1. The topological polar surface area (TPSA) is 49.3 Å². The molecule has 0 atom stereocenters. The van der Waals surface area contributed by atoms with Gasteiger partial charge < -0.3 is 9.80 Å². The summed E-state index contributed by atoms with van der Waals surface area (Å²) in [5, 5.41) is 1.21. The molecule has 3 aromatic rings. The van der Waals surface area contributed by atoms with Gasteiger partial charge in [-0.1, -0.05) is 25.5 Å². The van der Waals surface area contributed by atoms with Crippen LogP contribution in [0.15, 0.2) is 24.3 Å². The first-order valence-corrected chi connectivity index (χ1v) is 12.8. The normalized spacial score (nSPS) is 16.7. The van der Waals surface area contributed by atoms with E-state index in [-0.39, 0.29) is 5.91 Å². The van der Waals surface area contributed by atoms with Crippen molar-refractivity contribution in [3.63, 3.8) is 0 Å². The fourth-order valence-corrected chi connectivity index (χ4v) is 5.53. The molecule has 2 aromatic heterocycles. The molecule has 1 saturated carbocycles. The number of thiophene rings is 1. The molecule has 32 heavy (non-hydrogen) atoms. The predicted molar refractivity (Wildman–Crippen MR) is 132 cm³/mol. The van der Waals surface area contributed by atoms with Gasteiger partial charge in [-0.15, -0.1) is 11.3 Å². The number of hydrogen-bond donors (Lipinski definition) is 0. The molecule has 1 saturated heterocycles. The molecule has 0 N–H and O–H groups in total. The summed E-state index contributed by atoms with van der Waals surface area (Å²) in [6.07, 6.45) is 5.87. The lowest BCUT2D eigenvalue weighted by Gasteiger charge is -2.36. The molecule has 2 fully saturated rings. The minimum absolute atomic E-state index is 0.140. The maximum atomic E-state index is 13.1. The van der Waals surface area contributed by atoms with Gasteiger partial charge in [0.2, 0.25) is 0 Å². The SMILES string of the molecule is CCCCc1ccc(C(=O)N2CCN(c3nc(C4CC4)nc4sc(C)c(C)c34)CC2)cc1. The first kappa shape index (κ1) is 21.4. The number of carbonyl (C=O) groups is 1. The van der Waals surface area contributed by atoms with Crippen molar-refractivity contribution in [2.24, 2.45) is 0 Å². The van der Waals surface area contributed by atoms with E-state index >= 15 is 0 Å². The third-order valence-corrected chi connectivity index (χ3v) is 7.96. The molecule has 2 aliphatic rings. The number of rotatable bonds is 6. The Morgan fingerprint density at radius 3 is 2.44 bits per heavy atom. The highest BCUT2D eigenvalue weighted by molar-refractivity contribution is 7.18. The van der Waals surface area contributed by atoms with Crippen LogP contribution in [0.2, 0.25) is 0 Å². The molecular weight excluding hydrogens is 416 g/mol. The highest BCUT2D eigenvalue weighted by atomic mass is 32.1. The Morgan fingerprint density at radius 2 is 1.78 bits per heavy atom. The number of hydrogen-bond acceptors (Lipinski definition) is 5. The van der Waals surface area contributed by atoms with Gasteiger partial charge in [0.25, 0.3) is 5.91 Å². The molecule has 0 radical (unpaired) electrons. The Kier molecular flexibility index (Phi) is 5.89. The summed E-state index contributed by atoms with van der Waals surface area (Å²) in [4.78, 5) is 29.8. The van der Waals surface area contributed by atoms with Crippen LogP contribution in [-0.4, -0.2) is 47.0 Å². The molecule has 0 unspecified atom stereocenters. The van der Waals surface area contributed by atoms with Crippen molar-refractivity contribution in [3.8, 4) is 0 Å². The molecule has 5 rings (SSSR count). The third-order valence-electron chi connectivity index (χ3n) is 6.86. The number of benzene rings is 1. The van der Waals surface area contributed by atoms with Crippen LogP contribution in [0.4, 0.5) is 5.82 Å². The quantitative estimate of drug-likeness (QED) is 0.500. The summed E-state index contributed by atoms with van der Waals surface area (Å²) < 4.78 is 0. The molecule has 0 spiro atoms. The monoisotopic (exact) mass is 448 g/mol. The number of anilines is 1. The molecule has 6 heteroatoms. The summed E-state index contributed by atoms with van der Waals surface area (Å²) >= 11 is 1.78. The highest BCUT2D eigenvalue weighted by Crippen LogP contribution is 2.42. The minimum atomic E-state index is 0.140. The number of fused-ring (bicyclic) bond motifs is 1. The average Bonchev–Trinajstić information content (AvgIpc) is 3.63. The Balaban J connectivity index is 1.31. The zero-order chi connectivity index (χ0) is 22.2. The maximum Gasteiger partial charge on any atom is 0.253 e. The molecule has 3 heterocycles. The number of aryl methyl sites for hydroxylation is 3. The van der Waals surface area contributed by atoms with Gasteiger partial charge in [0.05, 0.1) is 5.39 Å². The fraction of sp³-hybridized carbons (Fsp3) is 0.500. The van der Waals surface area contributed by atoms with Gasteiger partial charge >= 0.3 is 0 Å². The van der Waals surface area contributed by atoms with Crippen LogP contribution >= 0.6 is 11.3 Å². The molecule has 1 amide bonds. The van der Waals surface area contributed by atoms with Crippen molar-refractivity contribution < 1.29 is 4.79 Å². The van der Waals surface area contributed by atoms with Crippen LogP contribution in [0.1, 0.15) is 70.7 Å². The van der Waals surface area contributed by atoms with Gasteiger partial charge in [-0.05, 0) is 62.8 Å².